The first-order chi connectivity index (χ1) is 17.1. The smallest absolute Gasteiger partial charge is 0.328 e. The van der Waals surface area contributed by atoms with Gasteiger partial charge in [-0.2, -0.15) is 0 Å². The van der Waals surface area contributed by atoms with Gasteiger partial charge in [-0.3, -0.25) is 18.7 Å². The van der Waals surface area contributed by atoms with Gasteiger partial charge in [-0.25, -0.2) is 13.2 Å². The molecule has 0 unspecified atom stereocenters. The van der Waals surface area contributed by atoms with Crippen molar-refractivity contribution in [3.8, 4) is 0 Å². The average Bonchev–Trinajstić information content (AvgIpc) is 3.09. The first-order valence-electron chi connectivity index (χ1n) is 11.9. The zero-order valence-electron chi connectivity index (χ0n) is 20.5. The van der Waals surface area contributed by atoms with Gasteiger partial charge < -0.3 is 20.1 Å². The molecule has 1 aromatic carbocycles. The number of hydrogen-bond acceptors (Lipinski definition) is 8. The second-order valence-electron chi connectivity index (χ2n) is 8.36. The number of carbonyl (C=O) groups excluding carboxylic acids is 4. The molecular formula is C24H31N3O8S. The lowest BCUT2D eigenvalue weighted by Crippen LogP contribution is -2.51. The monoisotopic (exact) mass is 521 g/mol. The van der Waals surface area contributed by atoms with Crippen molar-refractivity contribution in [2.45, 2.75) is 63.4 Å². The van der Waals surface area contributed by atoms with E-state index >= 15 is 0 Å². The largest absolute Gasteiger partial charge is 0.466 e. The van der Waals surface area contributed by atoms with E-state index in [9.17, 15) is 27.6 Å². The van der Waals surface area contributed by atoms with Crippen LogP contribution in [0.25, 0.3) is 5.70 Å². The van der Waals surface area contributed by atoms with Crippen LogP contribution < -0.4 is 10.6 Å². The molecule has 2 aliphatic rings. The van der Waals surface area contributed by atoms with Crippen LogP contribution in [0.2, 0.25) is 0 Å². The van der Waals surface area contributed by atoms with Gasteiger partial charge in [0.2, 0.25) is 11.8 Å². The second-order valence-corrected chi connectivity index (χ2v) is 10.2. The minimum absolute atomic E-state index is 0.0248. The molecule has 2 N–H and O–H groups in total. The minimum atomic E-state index is -3.74. The topological polar surface area (TPSA) is 148 Å². The van der Waals surface area contributed by atoms with Crippen LogP contribution in [0.1, 0.15) is 52.0 Å². The number of nitrogens with zero attached hydrogens (tertiary/aromatic N) is 1. The van der Waals surface area contributed by atoms with Gasteiger partial charge in [-0.05, 0) is 46.1 Å². The van der Waals surface area contributed by atoms with Crippen molar-refractivity contribution in [3.63, 3.8) is 0 Å². The maximum absolute atomic E-state index is 13.2. The summed E-state index contributed by atoms with van der Waals surface area (Å²) in [6, 6.07) is 4.35. The molecule has 0 spiro atoms. The van der Waals surface area contributed by atoms with E-state index in [4.69, 9.17) is 9.47 Å². The molecule has 0 aliphatic carbocycles. The highest BCUT2D eigenvalue weighted by atomic mass is 32.2. The molecule has 36 heavy (non-hydrogen) atoms. The number of carbonyl (C=O) groups is 4. The highest BCUT2D eigenvalue weighted by molar-refractivity contribution is 7.90. The quantitative estimate of drug-likeness (QED) is 0.435. The molecule has 3 rings (SSSR count). The van der Waals surface area contributed by atoms with Gasteiger partial charge >= 0.3 is 11.9 Å². The lowest BCUT2D eigenvalue weighted by atomic mass is 9.98. The molecule has 0 bridgehead atoms. The summed E-state index contributed by atoms with van der Waals surface area (Å²) in [5, 5.41) is 5.13. The summed E-state index contributed by atoms with van der Waals surface area (Å²) < 4.78 is 36.9. The Labute approximate surface area is 210 Å². The Bertz CT molecular complexity index is 1180. The summed E-state index contributed by atoms with van der Waals surface area (Å²) >= 11 is 0. The molecule has 11 nitrogen and oxygen atoms in total. The van der Waals surface area contributed by atoms with Crippen molar-refractivity contribution in [2.75, 3.05) is 19.8 Å². The first kappa shape index (κ1) is 27.2. The van der Waals surface area contributed by atoms with Crippen LogP contribution in [0, 0.1) is 0 Å². The number of esters is 2. The third-order valence-corrected chi connectivity index (χ3v) is 7.74. The van der Waals surface area contributed by atoms with Crippen molar-refractivity contribution in [2.24, 2.45) is 0 Å². The van der Waals surface area contributed by atoms with Crippen LogP contribution in [0.5, 0.6) is 0 Å². The summed E-state index contributed by atoms with van der Waals surface area (Å²) in [5.74, 6) is -2.43. The maximum Gasteiger partial charge on any atom is 0.328 e. The Morgan fingerprint density at radius 1 is 1.06 bits per heavy atom. The molecule has 196 valence electrons. The number of amides is 2. The highest BCUT2D eigenvalue weighted by Crippen LogP contribution is 2.43. The highest BCUT2D eigenvalue weighted by Gasteiger charge is 2.42. The number of rotatable bonds is 10. The number of sulfonamides is 1. The molecule has 2 amide bonds. The van der Waals surface area contributed by atoms with Crippen LogP contribution in [0.15, 0.2) is 34.7 Å². The summed E-state index contributed by atoms with van der Waals surface area (Å²) in [4.78, 5) is 50.1. The van der Waals surface area contributed by atoms with Crippen LogP contribution in [-0.4, -0.2) is 68.3 Å². The van der Waals surface area contributed by atoms with Crippen molar-refractivity contribution >= 4 is 39.5 Å². The Balaban J connectivity index is 1.74. The van der Waals surface area contributed by atoms with E-state index in [2.05, 4.69) is 10.6 Å². The Morgan fingerprint density at radius 2 is 1.75 bits per heavy atom. The van der Waals surface area contributed by atoms with Crippen LogP contribution in [0.3, 0.4) is 0 Å². The molecule has 0 fully saturated rings. The minimum Gasteiger partial charge on any atom is -0.466 e. The molecule has 0 aromatic heterocycles. The van der Waals surface area contributed by atoms with E-state index in [1.807, 2.05) is 0 Å². The standard InChI is InChI=1S/C24H31N3O8S/c1-4-34-20(28)13-12-18(24(31)35-5-2)26-22(29)15(3)25-23(30)17-10-8-14-27-21(17)16-9-6-7-11-19(16)36(27,32)33/h6-7,9,11,15,18H,4-5,8,10,12-14H2,1-3H3,(H,25,30)(H,26,29)/t15-,18+/m0/s1. The van der Waals surface area contributed by atoms with E-state index in [-0.39, 0.29) is 43.1 Å². The summed E-state index contributed by atoms with van der Waals surface area (Å²) in [6.45, 7) is 5.28. The molecule has 1 aromatic rings. The zero-order valence-corrected chi connectivity index (χ0v) is 21.4. The summed E-state index contributed by atoms with van der Waals surface area (Å²) in [6.07, 6.45) is 0.682. The van der Waals surface area contributed by atoms with Crippen molar-refractivity contribution < 1.29 is 37.1 Å². The van der Waals surface area contributed by atoms with Gasteiger partial charge in [0.15, 0.2) is 0 Å². The third kappa shape index (κ3) is 5.69. The molecule has 0 radical (unpaired) electrons. The molecule has 2 aliphatic heterocycles. The van der Waals surface area contributed by atoms with Gasteiger partial charge in [0.05, 0.1) is 23.8 Å². The Hall–Kier alpha value is -3.41. The van der Waals surface area contributed by atoms with Crippen LogP contribution >= 0.6 is 0 Å². The van der Waals surface area contributed by atoms with Crippen LogP contribution in [0.4, 0.5) is 0 Å². The average molecular weight is 522 g/mol. The Morgan fingerprint density at radius 3 is 2.44 bits per heavy atom. The van der Waals surface area contributed by atoms with E-state index in [1.54, 1.807) is 32.0 Å². The van der Waals surface area contributed by atoms with Gasteiger partial charge in [0.25, 0.3) is 10.0 Å². The predicted molar refractivity (Wildman–Crippen MR) is 129 cm³/mol. The van der Waals surface area contributed by atoms with Crippen LogP contribution in [-0.2, 0) is 38.7 Å². The van der Waals surface area contributed by atoms with E-state index < -0.39 is 45.9 Å². The lowest BCUT2D eigenvalue weighted by Gasteiger charge is -2.27. The van der Waals surface area contributed by atoms with Gasteiger partial charge in [-0.1, -0.05) is 18.2 Å². The SMILES string of the molecule is CCOC(=O)CC[C@@H](NC(=O)[C@H](C)NC(=O)C1=C2c3ccccc3S(=O)(=O)N2CCC1)C(=O)OCC. The third-order valence-electron chi connectivity index (χ3n) is 5.88. The lowest BCUT2D eigenvalue weighted by molar-refractivity contribution is -0.149. The second kappa shape index (κ2) is 11.5. The number of fused-ring (bicyclic) bond motifs is 3. The number of ether oxygens (including phenoxy) is 2. The number of hydrogen-bond donors (Lipinski definition) is 2. The number of nitrogens with one attached hydrogen (secondary N) is 2. The van der Waals surface area contributed by atoms with E-state index in [0.29, 0.717) is 24.1 Å². The molecule has 0 saturated heterocycles. The summed E-state index contributed by atoms with van der Waals surface area (Å²) in [5.41, 5.74) is 1.07. The molecule has 2 heterocycles. The maximum atomic E-state index is 13.2. The molecule has 0 saturated carbocycles. The van der Waals surface area contributed by atoms with Gasteiger partial charge in [0.1, 0.15) is 12.1 Å². The fourth-order valence-corrected chi connectivity index (χ4v) is 5.93. The van der Waals surface area contributed by atoms with Crippen molar-refractivity contribution in [1.29, 1.82) is 0 Å². The summed E-state index contributed by atoms with van der Waals surface area (Å²) in [7, 11) is -3.74. The molecule has 12 heteroatoms. The van der Waals surface area contributed by atoms with Gasteiger partial charge in [0, 0.05) is 24.1 Å². The fraction of sp³-hybridized carbons (Fsp3) is 0.500. The predicted octanol–water partition coefficient (Wildman–Crippen LogP) is 1.09. The van der Waals surface area contributed by atoms with E-state index in [1.165, 1.54) is 17.3 Å². The van der Waals surface area contributed by atoms with Crippen molar-refractivity contribution in [1.82, 2.24) is 14.9 Å². The fourth-order valence-electron chi connectivity index (χ4n) is 4.18. The first-order valence-corrected chi connectivity index (χ1v) is 13.3. The molecular weight excluding hydrogens is 490 g/mol. The van der Waals surface area contributed by atoms with E-state index in [0.717, 1.165) is 0 Å². The Kier molecular flexibility index (Phi) is 8.72. The zero-order chi connectivity index (χ0) is 26.5. The molecule has 2 atom stereocenters. The van der Waals surface area contributed by atoms with Gasteiger partial charge in [-0.15, -0.1) is 0 Å². The number of benzene rings is 1. The van der Waals surface area contributed by atoms with Crippen molar-refractivity contribution in [3.05, 3.63) is 35.4 Å². The normalized spacial score (nSPS) is 17.4.